The molecule has 0 radical (unpaired) electrons. The van der Waals surface area contributed by atoms with E-state index in [1.54, 1.807) is 0 Å². The van der Waals surface area contributed by atoms with Gasteiger partial charge in [-0.1, -0.05) is 0 Å². The molecule has 1 aromatic carbocycles. The van der Waals surface area contributed by atoms with E-state index in [0.29, 0.717) is 0 Å². The third kappa shape index (κ3) is 5.25. The van der Waals surface area contributed by atoms with Gasteiger partial charge in [0.25, 0.3) is 6.43 Å². The number of carboxylic acid groups (broad SMARTS) is 1. The molecule has 0 aliphatic carbocycles. The van der Waals surface area contributed by atoms with Crippen molar-refractivity contribution in [2.24, 2.45) is 0 Å². The van der Waals surface area contributed by atoms with E-state index in [2.05, 4.69) is 9.46 Å². The lowest BCUT2D eigenvalue weighted by Gasteiger charge is -2.10. The number of ether oxygens (including phenoxy) is 1. The van der Waals surface area contributed by atoms with Crippen LogP contribution in [-0.4, -0.2) is 45.7 Å². The lowest BCUT2D eigenvalue weighted by atomic mass is 10.2. The van der Waals surface area contributed by atoms with Crippen molar-refractivity contribution in [3.8, 4) is 0 Å². The van der Waals surface area contributed by atoms with Crippen LogP contribution in [0.1, 0.15) is 10.4 Å². The summed E-state index contributed by atoms with van der Waals surface area (Å²) < 4.78 is 54.1. The van der Waals surface area contributed by atoms with Crippen LogP contribution in [0.5, 0.6) is 0 Å². The summed E-state index contributed by atoms with van der Waals surface area (Å²) in [6.45, 7) is -1.35. The molecule has 7 nitrogen and oxygen atoms in total. The molecule has 1 aromatic rings. The summed E-state index contributed by atoms with van der Waals surface area (Å²) in [4.78, 5) is 10.5. The Kier molecular flexibility index (Phi) is 6.00. The number of nitrogen functional groups attached to an aromatic ring is 1. The van der Waals surface area contributed by atoms with Crippen LogP contribution in [0.25, 0.3) is 0 Å². The van der Waals surface area contributed by atoms with E-state index in [1.165, 1.54) is 6.07 Å². The minimum absolute atomic E-state index is 0.0781. The standard InChI is InChI=1S/C11H14F2N2O5S/c12-10(13)6-20-4-3-15-21(18,19)9-5-7(14)1-2-8(9)11(16)17/h1-2,5,10,15H,3-4,6,14H2,(H,16,17). The number of aromatic carboxylic acids is 1. The van der Waals surface area contributed by atoms with E-state index in [4.69, 9.17) is 10.8 Å². The number of nitrogens with two attached hydrogens (primary N) is 1. The van der Waals surface area contributed by atoms with Crippen LogP contribution in [0.3, 0.4) is 0 Å². The number of rotatable bonds is 8. The second-order valence-electron chi connectivity index (χ2n) is 3.92. The van der Waals surface area contributed by atoms with Gasteiger partial charge in [-0.05, 0) is 18.2 Å². The molecule has 0 saturated heterocycles. The van der Waals surface area contributed by atoms with Crippen molar-refractivity contribution >= 4 is 21.7 Å². The Labute approximate surface area is 119 Å². The smallest absolute Gasteiger partial charge is 0.337 e. The quantitative estimate of drug-likeness (QED) is 0.474. The summed E-state index contributed by atoms with van der Waals surface area (Å²) in [6, 6.07) is 3.33. The molecule has 118 valence electrons. The molecule has 10 heteroatoms. The van der Waals surface area contributed by atoms with E-state index < -0.39 is 39.5 Å². The number of alkyl halides is 2. The number of halogens is 2. The number of hydrogen-bond acceptors (Lipinski definition) is 5. The number of anilines is 1. The molecule has 21 heavy (non-hydrogen) atoms. The molecule has 0 aromatic heterocycles. The van der Waals surface area contributed by atoms with Crippen LogP contribution in [0, 0.1) is 0 Å². The second kappa shape index (κ2) is 7.29. The Morgan fingerprint density at radius 2 is 2.10 bits per heavy atom. The van der Waals surface area contributed by atoms with Crippen molar-refractivity contribution in [1.29, 1.82) is 0 Å². The Balaban J connectivity index is 2.79. The van der Waals surface area contributed by atoms with Gasteiger partial charge in [-0.3, -0.25) is 0 Å². The molecule has 0 bridgehead atoms. The van der Waals surface area contributed by atoms with Crippen molar-refractivity contribution < 1.29 is 31.8 Å². The number of carboxylic acids is 1. The highest BCUT2D eigenvalue weighted by atomic mass is 32.2. The van der Waals surface area contributed by atoms with Gasteiger partial charge in [-0.2, -0.15) is 0 Å². The van der Waals surface area contributed by atoms with Crippen molar-refractivity contribution in [1.82, 2.24) is 4.72 Å². The predicted molar refractivity (Wildman–Crippen MR) is 69.8 cm³/mol. The van der Waals surface area contributed by atoms with E-state index in [1.807, 2.05) is 0 Å². The van der Waals surface area contributed by atoms with Gasteiger partial charge in [0.1, 0.15) is 6.61 Å². The first kappa shape index (κ1) is 17.3. The maximum Gasteiger partial charge on any atom is 0.337 e. The van der Waals surface area contributed by atoms with Crippen LogP contribution < -0.4 is 10.5 Å². The summed E-state index contributed by atoms with van der Waals surface area (Å²) in [7, 11) is -4.14. The van der Waals surface area contributed by atoms with Gasteiger partial charge in [0.15, 0.2) is 0 Å². The Bertz CT molecular complexity index is 607. The first-order valence-corrected chi connectivity index (χ1v) is 7.20. The maximum absolute atomic E-state index is 12.0. The number of nitrogens with one attached hydrogen (secondary N) is 1. The van der Waals surface area contributed by atoms with Gasteiger partial charge in [0.05, 0.1) is 17.1 Å². The molecule has 0 atom stereocenters. The van der Waals surface area contributed by atoms with Crippen molar-refractivity contribution in [3.63, 3.8) is 0 Å². The molecule has 0 fully saturated rings. The molecular weight excluding hydrogens is 310 g/mol. The summed E-state index contributed by atoms with van der Waals surface area (Å²) in [5, 5.41) is 8.95. The lowest BCUT2D eigenvalue weighted by Crippen LogP contribution is -2.29. The molecule has 0 heterocycles. The fraction of sp³-hybridized carbons (Fsp3) is 0.364. The van der Waals surface area contributed by atoms with Gasteiger partial charge < -0.3 is 15.6 Å². The highest BCUT2D eigenvalue weighted by Gasteiger charge is 2.22. The zero-order valence-electron chi connectivity index (χ0n) is 10.8. The monoisotopic (exact) mass is 324 g/mol. The number of sulfonamides is 1. The highest BCUT2D eigenvalue weighted by molar-refractivity contribution is 7.89. The topological polar surface area (TPSA) is 119 Å². The molecule has 0 spiro atoms. The van der Waals surface area contributed by atoms with Crippen LogP contribution in [0.15, 0.2) is 23.1 Å². The Hall–Kier alpha value is -1.78. The predicted octanol–water partition coefficient (Wildman–Crippen LogP) is 0.527. The van der Waals surface area contributed by atoms with E-state index in [-0.39, 0.29) is 18.8 Å². The zero-order chi connectivity index (χ0) is 16.0. The minimum atomic E-state index is -4.14. The first-order chi connectivity index (χ1) is 9.74. The van der Waals surface area contributed by atoms with E-state index in [9.17, 15) is 22.0 Å². The molecule has 1 rings (SSSR count). The summed E-state index contributed by atoms with van der Waals surface area (Å²) in [6.07, 6.45) is -2.64. The average molecular weight is 324 g/mol. The molecule has 4 N–H and O–H groups in total. The summed E-state index contributed by atoms with van der Waals surface area (Å²) in [5.41, 5.74) is 5.08. The average Bonchev–Trinajstić information content (AvgIpc) is 2.37. The Morgan fingerprint density at radius 3 is 2.67 bits per heavy atom. The van der Waals surface area contributed by atoms with Gasteiger partial charge in [0.2, 0.25) is 10.0 Å². The first-order valence-electron chi connectivity index (χ1n) is 5.72. The van der Waals surface area contributed by atoms with Gasteiger partial charge in [0, 0.05) is 12.2 Å². The van der Waals surface area contributed by atoms with Crippen molar-refractivity contribution in [2.45, 2.75) is 11.3 Å². The van der Waals surface area contributed by atoms with Crippen molar-refractivity contribution in [3.05, 3.63) is 23.8 Å². The maximum atomic E-state index is 12.0. The van der Waals surface area contributed by atoms with Gasteiger partial charge in [-0.15, -0.1) is 0 Å². The van der Waals surface area contributed by atoms with Crippen LogP contribution in [0.4, 0.5) is 14.5 Å². The second-order valence-corrected chi connectivity index (χ2v) is 5.66. The number of carbonyl (C=O) groups is 1. The summed E-state index contributed by atoms with van der Waals surface area (Å²) >= 11 is 0. The molecule has 0 saturated carbocycles. The Morgan fingerprint density at radius 1 is 1.43 bits per heavy atom. The van der Waals surface area contributed by atoms with Crippen molar-refractivity contribution in [2.75, 3.05) is 25.5 Å². The van der Waals surface area contributed by atoms with Crippen LogP contribution >= 0.6 is 0 Å². The fourth-order valence-corrected chi connectivity index (χ4v) is 2.68. The van der Waals surface area contributed by atoms with E-state index >= 15 is 0 Å². The van der Waals surface area contributed by atoms with Crippen LogP contribution in [0.2, 0.25) is 0 Å². The third-order valence-corrected chi connectivity index (χ3v) is 3.81. The minimum Gasteiger partial charge on any atom is -0.478 e. The van der Waals surface area contributed by atoms with Gasteiger partial charge >= 0.3 is 5.97 Å². The molecular formula is C11H14F2N2O5S. The summed E-state index contributed by atoms with van der Waals surface area (Å²) in [5.74, 6) is -1.43. The largest absolute Gasteiger partial charge is 0.478 e. The highest BCUT2D eigenvalue weighted by Crippen LogP contribution is 2.19. The number of benzene rings is 1. The number of hydrogen-bond donors (Lipinski definition) is 3. The molecule has 0 aliphatic rings. The fourth-order valence-electron chi connectivity index (χ4n) is 1.44. The molecule has 0 unspecified atom stereocenters. The van der Waals surface area contributed by atoms with Crippen LogP contribution in [-0.2, 0) is 14.8 Å². The van der Waals surface area contributed by atoms with E-state index in [0.717, 1.165) is 12.1 Å². The van der Waals surface area contributed by atoms with Gasteiger partial charge in [-0.25, -0.2) is 26.7 Å². The molecule has 0 amide bonds. The molecule has 0 aliphatic heterocycles. The third-order valence-electron chi connectivity index (χ3n) is 2.31. The lowest BCUT2D eigenvalue weighted by molar-refractivity contribution is 0.0199. The zero-order valence-corrected chi connectivity index (χ0v) is 11.6. The normalized spacial score (nSPS) is 11.8. The SMILES string of the molecule is Nc1ccc(C(=O)O)c(S(=O)(=O)NCCOCC(F)F)c1.